The van der Waals surface area contributed by atoms with E-state index in [-0.39, 0.29) is 24.0 Å². The summed E-state index contributed by atoms with van der Waals surface area (Å²) in [4.78, 5) is 37.5. The van der Waals surface area contributed by atoms with Gasteiger partial charge in [0.25, 0.3) is 11.4 Å². The summed E-state index contributed by atoms with van der Waals surface area (Å²) in [6, 6.07) is 28.7. The molecule has 9 nitrogen and oxygen atoms in total. The summed E-state index contributed by atoms with van der Waals surface area (Å²) >= 11 is 0. The van der Waals surface area contributed by atoms with Crippen LogP contribution in [-0.2, 0) is 29.0 Å². The Morgan fingerprint density at radius 3 is 2.10 bits per heavy atom. The summed E-state index contributed by atoms with van der Waals surface area (Å²) in [7, 11) is 0. The van der Waals surface area contributed by atoms with Crippen molar-refractivity contribution in [1.82, 2.24) is 4.90 Å². The Morgan fingerprint density at radius 1 is 0.833 bits per heavy atom. The molecule has 214 valence electrons. The Labute approximate surface area is 243 Å². The zero-order chi connectivity index (χ0) is 29.6. The van der Waals surface area contributed by atoms with Gasteiger partial charge < -0.3 is 4.74 Å². The van der Waals surface area contributed by atoms with Crippen molar-refractivity contribution in [3.63, 3.8) is 0 Å². The Hall–Kier alpha value is -4.89. The van der Waals surface area contributed by atoms with Crippen molar-refractivity contribution in [1.29, 1.82) is 0 Å². The van der Waals surface area contributed by atoms with E-state index in [9.17, 15) is 25.0 Å². The molecule has 2 atom stereocenters. The first-order chi connectivity index (χ1) is 20.4. The lowest BCUT2D eigenvalue weighted by molar-refractivity contribution is -0.385. The van der Waals surface area contributed by atoms with Gasteiger partial charge in [-0.3, -0.25) is 29.9 Å². The van der Waals surface area contributed by atoms with Crippen LogP contribution >= 0.6 is 0 Å². The summed E-state index contributed by atoms with van der Waals surface area (Å²) in [5, 5.41) is 22.4. The van der Waals surface area contributed by atoms with Crippen molar-refractivity contribution in [2.24, 2.45) is 0 Å². The van der Waals surface area contributed by atoms with Crippen LogP contribution in [0.3, 0.4) is 0 Å². The van der Waals surface area contributed by atoms with Crippen LogP contribution in [0.25, 0.3) is 0 Å². The van der Waals surface area contributed by atoms with E-state index in [0.29, 0.717) is 13.1 Å². The van der Waals surface area contributed by atoms with Crippen LogP contribution in [0.2, 0.25) is 0 Å². The highest BCUT2D eigenvalue weighted by Gasteiger charge is 2.36. The number of rotatable bonds is 10. The van der Waals surface area contributed by atoms with Crippen molar-refractivity contribution in [2.75, 3.05) is 13.2 Å². The molecule has 0 radical (unpaired) electrons. The minimum Gasteiger partial charge on any atom is -0.465 e. The molecule has 5 rings (SSSR count). The fraction of sp³-hybridized carbons (Fsp3) is 0.242. The van der Waals surface area contributed by atoms with Gasteiger partial charge in [0.1, 0.15) is 0 Å². The molecule has 0 aliphatic carbocycles. The van der Waals surface area contributed by atoms with E-state index in [2.05, 4.69) is 11.0 Å². The maximum Gasteiger partial charge on any atom is 0.314 e. The number of non-ortho nitro benzene ring substituents is 2. The maximum absolute atomic E-state index is 13.6. The van der Waals surface area contributed by atoms with E-state index in [4.69, 9.17) is 4.74 Å². The van der Waals surface area contributed by atoms with Crippen LogP contribution < -0.4 is 0 Å². The summed E-state index contributed by atoms with van der Waals surface area (Å²) < 4.78 is 5.60. The number of nitrogens with zero attached hydrogens (tertiary/aromatic N) is 3. The molecule has 9 heteroatoms. The van der Waals surface area contributed by atoms with Gasteiger partial charge in [0, 0.05) is 49.8 Å². The molecule has 0 saturated carbocycles. The Kier molecular flexibility index (Phi) is 8.68. The number of hydrogen-bond donors (Lipinski definition) is 0. The number of nitro groups is 2. The molecule has 0 bridgehead atoms. The predicted octanol–water partition coefficient (Wildman–Crippen LogP) is 6.54. The van der Waals surface area contributed by atoms with Crippen molar-refractivity contribution < 1.29 is 19.4 Å². The van der Waals surface area contributed by atoms with Gasteiger partial charge in [-0.25, -0.2) is 0 Å². The summed E-state index contributed by atoms with van der Waals surface area (Å²) in [5.74, 6) is -1.43. The molecule has 1 heterocycles. The third-order valence-electron chi connectivity index (χ3n) is 7.77. The number of esters is 1. The molecule has 4 aromatic carbocycles. The van der Waals surface area contributed by atoms with Crippen molar-refractivity contribution in [3.8, 4) is 0 Å². The highest BCUT2D eigenvalue weighted by molar-refractivity contribution is 5.81. The number of carbonyl (C=O) groups excluding carboxylic acids is 1. The highest BCUT2D eigenvalue weighted by atomic mass is 16.6. The number of benzene rings is 4. The number of ether oxygens (including phenoxy) is 1. The predicted molar refractivity (Wildman–Crippen MR) is 158 cm³/mol. The van der Waals surface area contributed by atoms with Gasteiger partial charge in [0.2, 0.25) is 0 Å². The SMILES string of the molecule is CCOC(=O)C(c1ccccc1)C(c1ccc([N+](=O)[O-])cc1)c1cccc2c1CCN(Cc1ccc([N+](=O)[O-])cc1)C2. The van der Waals surface area contributed by atoms with Gasteiger partial charge >= 0.3 is 5.97 Å². The first-order valence-electron chi connectivity index (χ1n) is 13.9. The smallest absolute Gasteiger partial charge is 0.314 e. The molecule has 1 aliphatic rings. The quantitative estimate of drug-likeness (QED) is 0.122. The third kappa shape index (κ3) is 6.21. The van der Waals surface area contributed by atoms with Gasteiger partial charge in [-0.2, -0.15) is 0 Å². The fourth-order valence-corrected chi connectivity index (χ4v) is 5.82. The van der Waals surface area contributed by atoms with Crippen LogP contribution in [0.5, 0.6) is 0 Å². The normalized spacial score (nSPS) is 14.4. The second-order valence-electron chi connectivity index (χ2n) is 10.3. The molecule has 1 aliphatic heterocycles. The largest absolute Gasteiger partial charge is 0.465 e. The van der Waals surface area contributed by atoms with Crippen LogP contribution in [0.1, 0.15) is 52.1 Å². The lowest BCUT2D eigenvalue weighted by atomic mass is 9.74. The second kappa shape index (κ2) is 12.7. The van der Waals surface area contributed by atoms with E-state index in [0.717, 1.165) is 46.3 Å². The Bertz CT molecular complexity index is 1570. The van der Waals surface area contributed by atoms with E-state index in [1.807, 2.05) is 42.5 Å². The minimum atomic E-state index is -0.655. The van der Waals surface area contributed by atoms with E-state index in [1.54, 1.807) is 31.2 Å². The Morgan fingerprint density at radius 2 is 1.48 bits per heavy atom. The van der Waals surface area contributed by atoms with Gasteiger partial charge in [-0.1, -0.05) is 72.8 Å². The molecule has 0 fully saturated rings. The molecule has 0 amide bonds. The molecule has 42 heavy (non-hydrogen) atoms. The highest BCUT2D eigenvalue weighted by Crippen LogP contribution is 2.43. The fourth-order valence-electron chi connectivity index (χ4n) is 5.82. The van der Waals surface area contributed by atoms with Crippen molar-refractivity contribution >= 4 is 17.3 Å². The number of hydrogen-bond acceptors (Lipinski definition) is 7. The number of nitro benzene ring substituents is 2. The molecular weight excluding hydrogens is 534 g/mol. The van der Waals surface area contributed by atoms with Crippen molar-refractivity contribution in [3.05, 3.63) is 151 Å². The zero-order valence-electron chi connectivity index (χ0n) is 23.2. The minimum absolute atomic E-state index is 0.0122. The molecular formula is C33H31N3O6. The van der Waals surface area contributed by atoms with Gasteiger partial charge in [0.05, 0.1) is 22.4 Å². The molecule has 0 saturated heterocycles. The first-order valence-corrected chi connectivity index (χ1v) is 13.9. The molecule has 2 unspecified atom stereocenters. The second-order valence-corrected chi connectivity index (χ2v) is 10.3. The van der Waals surface area contributed by atoms with Crippen molar-refractivity contribution in [2.45, 2.75) is 38.3 Å². The van der Waals surface area contributed by atoms with E-state index >= 15 is 0 Å². The van der Waals surface area contributed by atoms with Crippen LogP contribution in [-0.4, -0.2) is 33.9 Å². The summed E-state index contributed by atoms with van der Waals surface area (Å²) in [6.45, 7) is 4.12. The molecule has 0 aromatic heterocycles. The van der Waals surface area contributed by atoms with Crippen LogP contribution in [0.15, 0.2) is 97.1 Å². The number of carbonyl (C=O) groups is 1. The topological polar surface area (TPSA) is 116 Å². The molecule has 0 spiro atoms. The molecule has 4 aromatic rings. The monoisotopic (exact) mass is 565 g/mol. The Balaban J connectivity index is 1.54. The van der Waals surface area contributed by atoms with E-state index in [1.165, 1.54) is 24.3 Å². The lowest BCUT2D eigenvalue weighted by Crippen LogP contribution is -2.32. The average molecular weight is 566 g/mol. The standard InChI is InChI=1S/C33H31N3O6/c1-2-42-33(37)32(24-7-4-3-5-8-24)31(25-13-17-28(18-14-25)36(40)41)30-10-6-9-26-22-34(20-19-29(26)30)21-23-11-15-27(16-12-23)35(38)39/h3-18,31-32H,2,19-22H2,1H3. The lowest BCUT2D eigenvalue weighted by Gasteiger charge is -2.34. The summed E-state index contributed by atoms with van der Waals surface area (Å²) in [5.41, 5.74) is 5.96. The maximum atomic E-state index is 13.6. The summed E-state index contributed by atoms with van der Waals surface area (Å²) in [6.07, 6.45) is 0.742. The first kappa shape index (κ1) is 28.6. The van der Waals surface area contributed by atoms with Gasteiger partial charge in [-0.05, 0) is 46.7 Å². The zero-order valence-corrected chi connectivity index (χ0v) is 23.2. The van der Waals surface area contributed by atoms with Crippen LogP contribution in [0.4, 0.5) is 11.4 Å². The van der Waals surface area contributed by atoms with Gasteiger partial charge in [0.15, 0.2) is 0 Å². The third-order valence-corrected chi connectivity index (χ3v) is 7.77. The number of fused-ring (bicyclic) bond motifs is 1. The van der Waals surface area contributed by atoms with E-state index < -0.39 is 21.7 Å². The molecule has 0 N–H and O–H groups in total. The average Bonchev–Trinajstić information content (AvgIpc) is 3.00. The van der Waals surface area contributed by atoms with Gasteiger partial charge in [-0.15, -0.1) is 0 Å². The van der Waals surface area contributed by atoms with Crippen LogP contribution in [0, 0.1) is 20.2 Å².